The Hall–Kier alpha value is -1.92. The standard InChI is InChI=1S/C13H17N5O/c14-12(19)11-7-15-4-5-18(11)8-9-6-17-13-10(9)2-1-3-16-13/h1-3,6,11,15H,4-5,7-8H2,(H2,14,19)(H,16,17). The number of hydrogen-bond donors (Lipinski definition) is 3. The lowest BCUT2D eigenvalue weighted by Crippen LogP contribution is -2.56. The van der Waals surface area contributed by atoms with Crippen LogP contribution in [0.1, 0.15) is 5.56 Å². The van der Waals surface area contributed by atoms with Crippen molar-refractivity contribution in [2.75, 3.05) is 19.6 Å². The molecule has 0 spiro atoms. The Morgan fingerprint density at radius 3 is 3.32 bits per heavy atom. The van der Waals surface area contributed by atoms with E-state index >= 15 is 0 Å². The summed E-state index contributed by atoms with van der Waals surface area (Å²) in [6.45, 7) is 3.03. The van der Waals surface area contributed by atoms with Crippen LogP contribution in [0.25, 0.3) is 11.0 Å². The first-order valence-electron chi connectivity index (χ1n) is 6.41. The molecule has 0 radical (unpaired) electrons. The fourth-order valence-corrected chi connectivity index (χ4v) is 2.58. The molecular formula is C13H17N5O. The normalized spacial score (nSPS) is 20.7. The van der Waals surface area contributed by atoms with Gasteiger partial charge in [0.1, 0.15) is 11.7 Å². The van der Waals surface area contributed by atoms with E-state index in [0.29, 0.717) is 13.1 Å². The molecule has 1 aliphatic heterocycles. The monoisotopic (exact) mass is 259 g/mol. The highest BCUT2D eigenvalue weighted by molar-refractivity contribution is 5.81. The summed E-state index contributed by atoms with van der Waals surface area (Å²) in [6.07, 6.45) is 3.72. The number of carbonyl (C=O) groups excluding carboxylic acids is 1. The average Bonchev–Trinajstić information content (AvgIpc) is 2.83. The van der Waals surface area contributed by atoms with Crippen LogP contribution in [0.4, 0.5) is 0 Å². The third-order valence-electron chi connectivity index (χ3n) is 3.59. The molecule has 0 bridgehead atoms. The smallest absolute Gasteiger partial charge is 0.236 e. The molecule has 1 amide bonds. The predicted octanol–water partition coefficient (Wildman–Crippen LogP) is -0.178. The van der Waals surface area contributed by atoms with Crippen LogP contribution in [-0.2, 0) is 11.3 Å². The van der Waals surface area contributed by atoms with Crippen molar-refractivity contribution in [2.24, 2.45) is 5.73 Å². The van der Waals surface area contributed by atoms with Crippen molar-refractivity contribution in [3.05, 3.63) is 30.1 Å². The second kappa shape index (κ2) is 4.99. The minimum atomic E-state index is -0.273. The highest BCUT2D eigenvalue weighted by Gasteiger charge is 2.27. The van der Waals surface area contributed by atoms with E-state index in [-0.39, 0.29) is 11.9 Å². The van der Waals surface area contributed by atoms with Gasteiger partial charge < -0.3 is 16.0 Å². The summed E-state index contributed by atoms with van der Waals surface area (Å²) < 4.78 is 0. The molecule has 100 valence electrons. The second-order valence-corrected chi connectivity index (χ2v) is 4.81. The number of rotatable bonds is 3. The summed E-state index contributed by atoms with van der Waals surface area (Å²) in [5, 5.41) is 4.30. The lowest BCUT2D eigenvalue weighted by atomic mass is 10.1. The van der Waals surface area contributed by atoms with Gasteiger partial charge in [-0.1, -0.05) is 0 Å². The number of carbonyl (C=O) groups is 1. The van der Waals surface area contributed by atoms with Crippen LogP contribution in [0.15, 0.2) is 24.5 Å². The van der Waals surface area contributed by atoms with Gasteiger partial charge in [-0.3, -0.25) is 9.69 Å². The molecular weight excluding hydrogens is 242 g/mol. The highest BCUT2D eigenvalue weighted by atomic mass is 16.1. The van der Waals surface area contributed by atoms with Crippen molar-refractivity contribution < 1.29 is 4.79 Å². The SMILES string of the molecule is NC(=O)C1CNCCN1Cc1c[nH]c2ncccc12. The number of amides is 1. The number of piperazine rings is 1. The summed E-state index contributed by atoms with van der Waals surface area (Å²) in [5.74, 6) is -0.273. The van der Waals surface area contributed by atoms with Crippen LogP contribution < -0.4 is 11.1 Å². The maximum Gasteiger partial charge on any atom is 0.236 e. The Labute approximate surface area is 111 Å². The Morgan fingerprint density at radius 1 is 1.58 bits per heavy atom. The quantitative estimate of drug-likeness (QED) is 0.713. The summed E-state index contributed by atoms with van der Waals surface area (Å²) >= 11 is 0. The maximum atomic E-state index is 11.5. The molecule has 1 saturated heterocycles. The topological polar surface area (TPSA) is 87.0 Å². The molecule has 1 aliphatic rings. The number of nitrogens with zero attached hydrogens (tertiary/aromatic N) is 2. The molecule has 0 aromatic carbocycles. The third-order valence-corrected chi connectivity index (χ3v) is 3.59. The Morgan fingerprint density at radius 2 is 2.47 bits per heavy atom. The van der Waals surface area contributed by atoms with Gasteiger partial charge in [0.05, 0.1) is 0 Å². The van der Waals surface area contributed by atoms with E-state index in [1.54, 1.807) is 6.20 Å². The van der Waals surface area contributed by atoms with Crippen molar-refractivity contribution in [1.82, 2.24) is 20.2 Å². The van der Waals surface area contributed by atoms with Gasteiger partial charge in [-0.15, -0.1) is 0 Å². The molecule has 2 aromatic heterocycles. The van der Waals surface area contributed by atoms with E-state index < -0.39 is 0 Å². The van der Waals surface area contributed by atoms with Gasteiger partial charge in [0.2, 0.25) is 5.91 Å². The van der Waals surface area contributed by atoms with Crippen molar-refractivity contribution in [3.8, 4) is 0 Å². The molecule has 3 rings (SSSR count). The Balaban J connectivity index is 1.85. The molecule has 19 heavy (non-hydrogen) atoms. The Bertz CT molecular complexity index is 593. The van der Waals surface area contributed by atoms with Gasteiger partial charge in [0, 0.05) is 44.0 Å². The van der Waals surface area contributed by atoms with Gasteiger partial charge in [0.15, 0.2) is 0 Å². The number of pyridine rings is 1. The van der Waals surface area contributed by atoms with Crippen LogP contribution in [0, 0.1) is 0 Å². The molecule has 6 heteroatoms. The molecule has 1 atom stereocenters. The number of aromatic amines is 1. The van der Waals surface area contributed by atoms with Crippen molar-refractivity contribution in [2.45, 2.75) is 12.6 Å². The number of hydrogen-bond acceptors (Lipinski definition) is 4. The van der Waals surface area contributed by atoms with E-state index in [9.17, 15) is 4.79 Å². The van der Waals surface area contributed by atoms with E-state index in [1.807, 2.05) is 18.3 Å². The van der Waals surface area contributed by atoms with Crippen LogP contribution in [-0.4, -0.2) is 46.5 Å². The fourth-order valence-electron chi connectivity index (χ4n) is 2.58. The average molecular weight is 259 g/mol. The maximum absolute atomic E-state index is 11.5. The molecule has 4 N–H and O–H groups in total. The van der Waals surface area contributed by atoms with Gasteiger partial charge in [0.25, 0.3) is 0 Å². The zero-order valence-corrected chi connectivity index (χ0v) is 10.6. The molecule has 0 aliphatic carbocycles. The van der Waals surface area contributed by atoms with Crippen LogP contribution in [0.2, 0.25) is 0 Å². The molecule has 2 aromatic rings. The van der Waals surface area contributed by atoms with E-state index in [1.165, 1.54) is 0 Å². The lowest BCUT2D eigenvalue weighted by Gasteiger charge is -2.33. The zero-order valence-electron chi connectivity index (χ0n) is 10.6. The van der Waals surface area contributed by atoms with E-state index in [4.69, 9.17) is 5.73 Å². The van der Waals surface area contributed by atoms with Crippen molar-refractivity contribution >= 4 is 16.9 Å². The molecule has 6 nitrogen and oxygen atoms in total. The van der Waals surface area contributed by atoms with Crippen LogP contribution in [0.5, 0.6) is 0 Å². The largest absolute Gasteiger partial charge is 0.368 e. The van der Waals surface area contributed by atoms with Gasteiger partial charge in [-0.25, -0.2) is 4.98 Å². The first-order chi connectivity index (χ1) is 9.25. The first-order valence-corrected chi connectivity index (χ1v) is 6.41. The minimum Gasteiger partial charge on any atom is -0.368 e. The molecule has 0 saturated carbocycles. The summed E-state index contributed by atoms with van der Waals surface area (Å²) in [6, 6.07) is 3.72. The molecule has 1 unspecified atom stereocenters. The fraction of sp³-hybridized carbons (Fsp3) is 0.385. The number of primary amides is 1. The number of aromatic nitrogens is 2. The third kappa shape index (κ3) is 2.32. The number of nitrogens with two attached hydrogens (primary N) is 1. The molecule has 3 heterocycles. The summed E-state index contributed by atoms with van der Waals surface area (Å²) in [4.78, 5) is 21.0. The Kier molecular flexibility index (Phi) is 3.18. The number of H-pyrrole nitrogens is 1. The predicted molar refractivity (Wildman–Crippen MR) is 72.4 cm³/mol. The van der Waals surface area contributed by atoms with Crippen LogP contribution in [0.3, 0.4) is 0 Å². The minimum absolute atomic E-state index is 0.240. The number of fused-ring (bicyclic) bond motifs is 1. The summed E-state index contributed by atoms with van der Waals surface area (Å²) in [7, 11) is 0. The number of nitrogens with one attached hydrogen (secondary N) is 2. The van der Waals surface area contributed by atoms with Crippen molar-refractivity contribution in [1.29, 1.82) is 0 Å². The lowest BCUT2D eigenvalue weighted by molar-refractivity contribution is -0.124. The molecule has 1 fully saturated rings. The highest BCUT2D eigenvalue weighted by Crippen LogP contribution is 2.19. The van der Waals surface area contributed by atoms with E-state index in [2.05, 4.69) is 20.2 Å². The first kappa shape index (κ1) is 12.1. The second-order valence-electron chi connectivity index (χ2n) is 4.81. The van der Waals surface area contributed by atoms with Gasteiger partial charge >= 0.3 is 0 Å². The zero-order chi connectivity index (χ0) is 13.2. The van der Waals surface area contributed by atoms with Crippen molar-refractivity contribution in [3.63, 3.8) is 0 Å². The van der Waals surface area contributed by atoms with Gasteiger partial charge in [-0.2, -0.15) is 0 Å². The van der Waals surface area contributed by atoms with Gasteiger partial charge in [-0.05, 0) is 17.7 Å². The van der Waals surface area contributed by atoms with E-state index in [0.717, 1.165) is 29.7 Å². The summed E-state index contributed by atoms with van der Waals surface area (Å²) in [5.41, 5.74) is 7.49. The van der Waals surface area contributed by atoms with Crippen LogP contribution >= 0.6 is 0 Å².